The van der Waals surface area contributed by atoms with Crippen molar-refractivity contribution in [1.29, 1.82) is 0 Å². The standard InChI is InChI=1S/C29H24F2N6O2S/c1-17-12-19(15-32-28(17)36-7-10-38-11-8-36)22-3-5-24-26(35-22)27-18(6-9-39-24)13-25(40-27)29-33-16-34-37(29)23-4-2-20(30)14-21(23)31/h2-5,12-16H,6-11H2,1H3. The van der Waals surface area contributed by atoms with E-state index < -0.39 is 11.6 Å². The monoisotopic (exact) mass is 558 g/mol. The van der Waals surface area contributed by atoms with Gasteiger partial charge in [0, 0.05) is 37.3 Å². The summed E-state index contributed by atoms with van der Waals surface area (Å²) in [6.45, 7) is 5.63. The van der Waals surface area contributed by atoms with Crippen molar-refractivity contribution in [3.05, 3.63) is 77.8 Å². The fraction of sp³-hybridized carbons (Fsp3) is 0.241. The molecule has 7 rings (SSSR count). The third kappa shape index (κ3) is 4.40. The molecule has 5 aromatic rings. The van der Waals surface area contributed by atoms with E-state index in [1.165, 1.54) is 34.5 Å². The molecule has 11 heteroatoms. The minimum Gasteiger partial charge on any atom is -0.491 e. The van der Waals surface area contributed by atoms with Crippen molar-refractivity contribution in [1.82, 2.24) is 24.7 Å². The van der Waals surface area contributed by atoms with Crippen molar-refractivity contribution >= 4 is 17.2 Å². The molecule has 1 aromatic carbocycles. The average molecular weight is 559 g/mol. The molecule has 0 unspecified atom stereocenters. The second kappa shape index (κ2) is 10.1. The molecule has 0 amide bonds. The van der Waals surface area contributed by atoms with E-state index in [4.69, 9.17) is 19.4 Å². The van der Waals surface area contributed by atoms with Gasteiger partial charge in [0.2, 0.25) is 0 Å². The van der Waals surface area contributed by atoms with E-state index in [1.807, 2.05) is 24.4 Å². The number of anilines is 1. The van der Waals surface area contributed by atoms with Crippen LogP contribution in [0.5, 0.6) is 5.75 Å². The summed E-state index contributed by atoms with van der Waals surface area (Å²) in [4.78, 5) is 18.2. The van der Waals surface area contributed by atoms with Crippen LogP contribution < -0.4 is 9.64 Å². The zero-order valence-electron chi connectivity index (χ0n) is 21.6. The number of rotatable bonds is 4. The van der Waals surface area contributed by atoms with E-state index in [-0.39, 0.29) is 5.69 Å². The predicted octanol–water partition coefficient (Wildman–Crippen LogP) is 5.48. The van der Waals surface area contributed by atoms with Gasteiger partial charge in [-0.25, -0.2) is 28.4 Å². The number of halogens is 2. The number of aryl methyl sites for hydroxylation is 1. The number of benzene rings is 1. The lowest BCUT2D eigenvalue weighted by atomic mass is 10.1. The van der Waals surface area contributed by atoms with E-state index in [0.29, 0.717) is 37.8 Å². The summed E-state index contributed by atoms with van der Waals surface area (Å²) in [6.07, 6.45) is 3.92. The van der Waals surface area contributed by atoms with Gasteiger partial charge in [-0.3, -0.25) is 0 Å². The number of aromatic nitrogens is 5. The second-order valence-corrected chi connectivity index (χ2v) is 10.7. The molecule has 0 saturated carbocycles. The first-order chi connectivity index (χ1) is 19.5. The van der Waals surface area contributed by atoms with Gasteiger partial charge in [0.15, 0.2) is 11.6 Å². The van der Waals surface area contributed by atoms with Gasteiger partial charge in [0.05, 0.1) is 35.3 Å². The van der Waals surface area contributed by atoms with Gasteiger partial charge < -0.3 is 14.4 Å². The van der Waals surface area contributed by atoms with E-state index in [1.54, 1.807) is 0 Å². The normalized spacial score (nSPS) is 14.8. The van der Waals surface area contributed by atoms with Gasteiger partial charge in [-0.05, 0) is 54.4 Å². The molecular formula is C29H24F2N6O2S. The van der Waals surface area contributed by atoms with Crippen molar-refractivity contribution < 1.29 is 18.3 Å². The van der Waals surface area contributed by atoms with Crippen LogP contribution in [0.25, 0.3) is 38.2 Å². The molecule has 1 saturated heterocycles. The molecule has 0 atom stereocenters. The SMILES string of the molecule is Cc1cc(-c2ccc3c(n2)-c2sc(-c4ncnn4-c4ccc(F)cc4F)cc2CCO3)cnc1N1CCOCC1. The number of thiophene rings is 1. The van der Waals surface area contributed by atoms with Crippen molar-refractivity contribution in [2.75, 3.05) is 37.8 Å². The van der Waals surface area contributed by atoms with Gasteiger partial charge in [0.1, 0.15) is 35.1 Å². The summed E-state index contributed by atoms with van der Waals surface area (Å²) in [5, 5.41) is 4.22. The summed E-state index contributed by atoms with van der Waals surface area (Å²) >= 11 is 1.50. The Labute approximate surface area is 232 Å². The third-order valence-electron chi connectivity index (χ3n) is 7.07. The number of morpholine rings is 1. The molecular weight excluding hydrogens is 534 g/mol. The minimum absolute atomic E-state index is 0.130. The number of ether oxygens (including phenoxy) is 2. The first kappa shape index (κ1) is 24.8. The van der Waals surface area contributed by atoms with Crippen LogP contribution in [0.1, 0.15) is 11.1 Å². The Kier molecular flexibility index (Phi) is 6.24. The fourth-order valence-corrected chi connectivity index (χ4v) is 6.32. The van der Waals surface area contributed by atoms with Crippen molar-refractivity contribution in [3.63, 3.8) is 0 Å². The van der Waals surface area contributed by atoms with Crippen molar-refractivity contribution in [2.24, 2.45) is 0 Å². The van der Waals surface area contributed by atoms with E-state index in [9.17, 15) is 8.78 Å². The molecule has 0 aliphatic carbocycles. The molecule has 40 heavy (non-hydrogen) atoms. The van der Waals surface area contributed by atoms with Gasteiger partial charge >= 0.3 is 0 Å². The van der Waals surface area contributed by atoms with E-state index >= 15 is 0 Å². The number of hydrogen-bond acceptors (Lipinski definition) is 8. The molecule has 0 bridgehead atoms. The largest absolute Gasteiger partial charge is 0.491 e. The topological polar surface area (TPSA) is 78.2 Å². The number of fused-ring (bicyclic) bond motifs is 3. The van der Waals surface area contributed by atoms with Crippen molar-refractivity contribution in [3.8, 4) is 44.0 Å². The van der Waals surface area contributed by atoms with Crippen LogP contribution in [-0.2, 0) is 11.2 Å². The predicted molar refractivity (Wildman–Crippen MR) is 148 cm³/mol. The summed E-state index contributed by atoms with van der Waals surface area (Å²) < 4.78 is 41.0. The number of pyridine rings is 2. The first-order valence-corrected chi connectivity index (χ1v) is 13.8. The minimum atomic E-state index is -0.710. The highest BCUT2D eigenvalue weighted by atomic mass is 32.1. The molecule has 2 aliphatic heterocycles. The van der Waals surface area contributed by atoms with E-state index in [0.717, 1.165) is 62.8 Å². The van der Waals surface area contributed by atoms with Crippen LogP contribution in [0, 0.1) is 18.6 Å². The Balaban J connectivity index is 1.26. The van der Waals surface area contributed by atoms with Crippen LogP contribution in [-0.4, -0.2) is 57.6 Å². The maximum Gasteiger partial charge on any atom is 0.173 e. The lowest BCUT2D eigenvalue weighted by molar-refractivity contribution is 0.122. The number of hydrogen-bond donors (Lipinski definition) is 0. The molecule has 202 valence electrons. The molecule has 0 spiro atoms. The Morgan fingerprint density at radius 2 is 1.85 bits per heavy atom. The maximum atomic E-state index is 14.6. The summed E-state index contributed by atoms with van der Waals surface area (Å²) in [5.74, 6) is 0.790. The highest BCUT2D eigenvalue weighted by Gasteiger charge is 2.24. The van der Waals surface area contributed by atoms with E-state index in [2.05, 4.69) is 28.0 Å². The fourth-order valence-electron chi connectivity index (χ4n) is 5.14. The van der Waals surface area contributed by atoms with Gasteiger partial charge in [-0.2, -0.15) is 5.10 Å². The maximum absolute atomic E-state index is 14.6. The lowest BCUT2D eigenvalue weighted by Crippen LogP contribution is -2.37. The summed E-state index contributed by atoms with van der Waals surface area (Å²) in [6, 6.07) is 11.5. The highest BCUT2D eigenvalue weighted by Crippen LogP contribution is 2.43. The van der Waals surface area contributed by atoms with Crippen LogP contribution in [0.15, 0.2) is 55.0 Å². The summed E-state index contributed by atoms with van der Waals surface area (Å²) in [7, 11) is 0. The Morgan fingerprint density at radius 3 is 2.67 bits per heavy atom. The van der Waals surface area contributed by atoms with Crippen LogP contribution >= 0.6 is 11.3 Å². The molecule has 2 aliphatic rings. The Bertz CT molecular complexity index is 1730. The van der Waals surface area contributed by atoms with Crippen molar-refractivity contribution in [2.45, 2.75) is 13.3 Å². The first-order valence-electron chi connectivity index (χ1n) is 13.0. The highest BCUT2D eigenvalue weighted by molar-refractivity contribution is 7.19. The Hall–Kier alpha value is -4.22. The second-order valence-electron chi connectivity index (χ2n) is 9.66. The smallest absolute Gasteiger partial charge is 0.173 e. The number of nitrogens with zero attached hydrogens (tertiary/aromatic N) is 6. The average Bonchev–Trinajstić information content (AvgIpc) is 3.57. The quantitative estimate of drug-likeness (QED) is 0.289. The third-order valence-corrected chi connectivity index (χ3v) is 8.25. The van der Waals surface area contributed by atoms with Crippen LogP contribution in [0.2, 0.25) is 0 Å². The molecule has 0 radical (unpaired) electrons. The van der Waals surface area contributed by atoms with Gasteiger partial charge in [-0.1, -0.05) is 0 Å². The molecule has 4 aromatic heterocycles. The lowest BCUT2D eigenvalue weighted by Gasteiger charge is -2.29. The van der Waals surface area contributed by atoms with Crippen LogP contribution in [0.3, 0.4) is 0 Å². The molecule has 8 nitrogen and oxygen atoms in total. The van der Waals surface area contributed by atoms with Gasteiger partial charge in [0.25, 0.3) is 0 Å². The van der Waals surface area contributed by atoms with Crippen LogP contribution in [0.4, 0.5) is 14.6 Å². The van der Waals surface area contributed by atoms with Gasteiger partial charge in [-0.15, -0.1) is 11.3 Å². The zero-order valence-corrected chi connectivity index (χ0v) is 22.4. The Morgan fingerprint density at radius 1 is 0.975 bits per heavy atom. The zero-order chi connectivity index (χ0) is 27.2. The molecule has 1 fully saturated rings. The molecule has 0 N–H and O–H groups in total. The molecule has 6 heterocycles. The summed E-state index contributed by atoms with van der Waals surface area (Å²) in [5.41, 5.74) is 4.74.